The van der Waals surface area contributed by atoms with Gasteiger partial charge in [-0.25, -0.2) is 8.42 Å². The molecule has 2 aromatic rings. The van der Waals surface area contributed by atoms with E-state index in [1.807, 2.05) is 6.26 Å². The molecule has 0 heterocycles. The molecule has 2 aromatic carbocycles. The van der Waals surface area contributed by atoms with Gasteiger partial charge in [0.2, 0.25) is 15.9 Å². The van der Waals surface area contributed by atoms with Gasteiger partial charge >= 0.3 is 0 Å². The van der Waals surface area contributed by atoms with Gasteiger partial charge in [-0.1, -0.05) is 11.6 Å². The van der Waals surface area contributed by atoms with Crippen LogP contribution in [0.15, 0.2) is 47.4 Å². The van der Waals surface area contributed by atoms with Crippen LogP contribution in [-0.2, 0) is 14.8 Å². The van der Waals surface area contributed by atoms with Gasteiger partial charge in [-0.05, 0) is 54.8 Å². The van der Waals surface area contributed by atoms with Gasteiger partial charge in [-0.2, -0.15) is 16.5 Å². The maximum atomic E-state index is 12.8. The lowest BCUT2D eigenvalue weighted by molar-refractivity contribution is -0.117. The molecule has 1 atom stereocenters. The van der Waals surface area contributed by atoms with Crippen molar-refractivity contribution in [2.24, 2.45) is 0 Å². The minimum atomic E-state index is -3.89. The number of amides is 1. The maximum Gasteiger partial charge on any atom is 0.242 e. The van der Waals surface area contributed by atoms with Crippen molar-refractivity contribution in [1.29, 1.82) is 0 Å². The number of methoxy groups -OCH3 is 2. The zero-order valence-corrected chi connectivity index (χ0v) is 18.7. The van der Waals surface area contributed by atoms with E-state index < -0.39 is 22.0 Å². The summed E-state index contributed by atoms with van der Waals surface area (Å²) in [6.45, 7) is 0. The SMILES string of the molecule is COc1ccc(NC(=O)C(CCSC)NS(=O)(=O)c2ccc(Cl)cc2)cc1OC. The van der Waals surface area contributed by atoms with E-state index in [0.29, 0.717) is 34.4 Å². The second-order valence-corrected chi connectivity index (χ2v) is 9.10. The van der Waals surface area contributed by atoms with Crippen LogP contribution in [0.4, 0.5) is 5.69 Å². The van der Waals surface area contributed by atoms with Crippen molar-refractivity contribution in [1.82, 2.24) is 4.72 Å². The predicted octanol–water partition coefficient (Wildman–Crippen LogP) is 3.40. The summed E-state index contributed by atoms with van der Waals surface area (Å²) in [5.41, 5.74) is 0.465. The van der Waals surface area contributed by atoms with Crippen molar-refractivity contribution in [3.05, 3.63) is 47.5 Å². The van der Waals surface area contributed by atoms with Crippen molar-refractivity contribution < 1.29 is 22.7 Å². The van der Waals surface area contributed by atoms with Gasteiger partial charge in [0.25, 0.3) is 0 Å². The fourth-order valence-corrected chi connectivity index (χ4v) is 4.32. The van der Waals surface area contributed by atoms with Crippen LogP contribution >= 0.6 is 23.4 Å². The van der Waals surface area contributed by atoms with Crippen molar-refractivity contribution in [3.63, 3.8) is 0 Å². The molecule has 0 saturated carbocycles. The Hall–Kier alpha value is -1.94. The molecule has 158 valence electrons. The van der Waals surface area contributed by atoms with Crippen LogP contribution in [0.25, 0.3) is 0 Å². The first-order valence-electron chi connectivity index (χ1n) is 8.60. The van der Waals surface area contributed by atoms with E-state index in [-0.39, 0.29) is 4.90 Å². The Bertz CT molecular complexity index is 936. The van der Waals surface area contributed by atoms with Crippen molar-refractivity contribution in [3.8, 4) is 11.5 Å². The highest BCUT2D eigenvalue weighted by atomic mass is 35.5. The number of rotatable bonds is 10. The Morgan fingerprint density at radius 1 is 1.10 bits per heavy atom. The summed E-state index contributed by atoms with van der Waals surface area (Å²) in [5, 5.41) is 3.15. The average molecular weight is 459 g/mol. The van der Waals surface area contributed by atoms with Crippen LogP contribution in [0, 0.1) is 0 Å². The van der Waals surface area contributed by atoms with Gasteiger partial charge in [-0.15, -0.1) is 0 Å². The summed E-state index contributed by atoms with van der Waals surface area (Å²) < 4.78 is 38.3. The van der Waals surface area contributed by atoms with E-state index in [1.165, 1.54) is 50.2 Å². The first kappa shape index (κ1) is 23.3. The number of carbonyl (C=O) groups excluding carboxylic acids is 1. The van der Waals surface area contributed by atoms with E-state index in [1.54, 1.807) is 18.2 Å². The standard InChI is InChI=1S/C19H23ClN2O5S2/c1-26-17-9-6-14(12-18(17)27-2)21-19(23)16(10-11-28-3)22-29(24,25)15-7-4-13(20)5-8-15/h4-9,12,16,22H,10-11H2,1-3H3,(H,21,23). The Balaban J connectivity index is 2.20. The smallest absolute Gasteiger partial charge is 0.242 e. The molecule has 0 bridgehead atoms. The average Bonchev–Trinajstić information content (AvgIpc) is 2.71. The van der Waals surface area contributed by atoms with Crippen molar-refractivity contribution in [2.45, 2.75) is 17.4 Å². The lowest BCUT2D eigenvalue weighted by Gasteiger charge is -2.19. The second kappa shape index (κ2) is 10.7. The van der Waals surface area contributed by atoms with E-state index in [2.05, 4.69) is 10.0 Å². The number of benzene rings is 2. The molecule has 0 saturated heterocycles. The molecule has 0 aliphatic carbocycles. The zero-order chi connectivity index (χ0) is 21.4. The van der Waals surface area contributed by atoms with Gasteiger partial charge in [0, 0.05) is 16.8 Å². The Labute approximate surface area is 180 Å². The molecule has 1 unspecified atom stereocenters. The highest BCUT2D eigenvalue weighted by Gasteiger charge is 2.26. The van der Waals surface area contributed by atoms with Crippen LogP contribution in [0.3, 0.4) is 0 Å². The number of carbonyl (C=O) groups is 1. The molecule has 0 radical (unpaired) electrons. The van der Waals surface area contributed by atoms with E-state index in [9.17, 15) is 13.2 Å². The fourth-order valence-electron chi connectivity index (χ4n) is 2.49. The Morgan fingerprint density at radius 2 is 1.76 bits per heavy atom. The molecule has 2 rings (SSSR count). The minimum Gasteiger partial charge on any atom is -0.493 e. The molecule has 0 aliphatic rings. The minimum absolute atomic E-state index is 0.0370. The number of thioether (sulfide) groups is 1. The van der Waals surface area contributed by atoms with Gasteiger partial charge in [0.15, 0.2) is 11.5 Å². The Kier molecular flexibility index (Phi) is 8.63. The van der Waals surface area contributed by atoms with Crippen LogP contribution in [0.1, 0.15) is 6.42 Å². The molecule has 7 nitrogen and oxygen atoms in total. The van der Waals surface area contributed by atoms with Gasteiger partial charge in [0.05, 0.1) is 19.1 Å². The normalized spacial score (nSPS) is 12.3. The Morgan fingerprint density at radius 3 is 2.34 bits per heavy atom. The van der Waals surface area contributed by atoms with E-state index in [0.717, 1.165) is 0 Å². The highest BCUT2D eigenvalue weighted by Crippen LogP contribution is 2.29. The number of anilines is 1. The highest BCUT2D eigenvalue weighted by molar-refractivity contribution is 7.98. The second-order valence-electron chi connectivity index (χ2n) is 5.97. The molecule has 29 heavy (non-hydrogen) atoms. The van der Waals surface area contributed by atoms with Gasteiger partial charge in [0.1, 0.15) is 6.04 Å². The summed E-state index contributed by atoms with van der Waals surface area (Å²) >= 11 is 7.34. The molecule has 0 aliphatic heterocycles. The summed E-state index contributed by atoms with van der Waals surface area (Å²) in [4.78, 5) is 12.8. The summed E-state index contributed by atoms with van der Waals surface area (Å²) in [7, 11) is -0.886. The van der Waals surface area contributed by atoms with E-state index >= 15 is 0 Å². The fraction of sp³-hybridized carbons (Fsp3) is 0.316. The summed E-state index contributed by atoms with van der Waals surface area (Å²) in [5.74, 6) is 1.11. The third-order valence-electron chi connectivity index (χ3n) is 4.00. The van der Waals surface area contributed by atoms with Gasteiger partial charge < -0.3 is 14.8 Å². The molecule has 0 aromatic heterocycles. The first-order valence-corrected chi connectivity index (χ1v) is 11.9. The molecule has 1 amide bonds. The van der Waals surface area contributed by atoms with Crippen LogP contribution in [0.2, 0.25) is 5.02 Å². The van der Waals surface area contributed by atoms with Crippen LogP contribution in [-0.4, -0.2) is 46.6 Å². The molecular formula is C19H23ClN2O5S2. The largest absolute Gasteiger partial charge is 0.493 e. The lowest BCUT2D eigenvalue weighted by atomic mass is 10.2. The number of nitrogens with one attached hydrogen (secondary N) is 2. The van der Waals surface area contributed by atoms with E-state index in [4.69, 9.17) is 21.1 Å². The third-order valence-corrected chi connectivity index (χ3v) is 6.38. The maximum absolute atomic E-state index is 12.8. The number of hydrogen-bond acceptors (Lipinski definition) is 6. The first-order chi connectivity index (χ1) is 13.8. The third kappa shape index (κ3) is 6.53. The number of ether oxygens (including phenoxy) is 2. The molecule has 0 fully saturated rings. The van der Waals surface area contributed by atoms with Gasteiger partial charge in [-0.3, -0.25) is 4.79 Å². The zero-order valence-electron chi connectivity index (χ0n) is 16.3. The summed E-state index contributed by atoms with van der Waals surface area (Å²) in [6, 6.07) is 9.72. The monoisotopic (exact) mass is 458 g/mol. The van der Waals surface area contributed by atoms with Crippen LogP contribution < -0.4 is 19.5 Å². The molecular weight excluding hydrogens is 436 g/mol. The lowest BCUT2D eigenvalue weighted by Crippen LogP contribution is -2.44. The summed E-state index contributed by atoms with van der Waals surface area (Å²) in [6.07, 6.45) is 2.21. The molecule has 0 spiro atoms. The predicted molar refractivity (Wildman–Crippen MR) is 117 cm³/mol. The number of hydrogen-bond donors (Lipinski definition) is 2. The molecule has 10 heteroatoms. The van der Waals surface area contributed by atoms with Crippen LogP contribution in [0.5, 0.6) is 11.5 Å². The number of halogens is 1. The number of sulfonamides is 1. The molecule has 2 N–H and O–H groups in total. The quantitative estimate of drug-likeness (QED) is 0.566. The topological polar surface area (TPSA) is 93.7 Å². The van der Waals surface area contributed by atoms with Crippen molar-refractivity contribution >= 4 is 45.0 Å². The van der Waals surface area contributed by atoms with Crippen molar-refractivity contribution in [2.75, 3.05) is 31.5 Å².